The van der Waals surface area contributed by atoms with Gasteiger partial charge in [0.1, 0.15) is 17.8 Å². The van der Waals surface area contributed by atoms with Gasteiger partial charge in [0.25, 0.3) is 0 Å². The second kappa shape index (κ2) is 8.86. The number of hydrogen-bond acceptors (Lipinski definition) is 5. The first kappa shape index (κ1) is 21.6. The van der Waals surface area contributed by atoms with Crippen LogP contribution in [-0.2, 0) is 5.41 Å². The number of hydrogen-bond donors (Lipinski definition) is 2. The van der Waals surface area contributed by atoms with Gasteiger partial charge in [-0.05, 0) is 49.2 Å². The number of amides is 2. The molecule has 0 bridgehead atoms. The Kier molecular flexibility index (Phi) is 5.98. The van der Waals surface area contributed by atoms with E-state index in [4.69, 9.17) is 0 Å². The van der Waals surface area contributed by atoms with Gasteiger partial charge in [0, 0.05) is 43.5 Å². The summed E-state index contributed by atoms with van der Waals surface area (Å²) in [5.41, 5.74) is 1.86. The van der Waals surface area contributed by atoms with Crippen LogP contribution in [0.1, 0.15) is 18.5 Å². The first-order chi connectivity index (χ1) is 15.4. The Labute approximate surface area is 184 Å². The Balaban J connectivity index is 1.44. The lowest BCUT2D eigenvalue weighted by atomic mass is 9.65. The highest BCUT2D eigenvalue weighted by Gasteiger charge is 2.48. The number of benzene rings is 1. The zero-order chi connectivity index (χ0) is 22.7. The summed E-state index contributed by atoms with van der Waals surface area (Å²) in [7, 11) is 3.26. The molecule has 1 saturated carbocycles. The molecule has 1 aromatic carbocycles. The molecule has 0 radical (unpaired) electrons. The average molecular weight is 438 g/mol. The van der Waals surface area contributed by atoms with Crippen LogP contribution in [0, 0.1) is 5.82 Å². The number of aromatic nitrogens is 3. The lowest BCUT2D eigenvalue weighted by Gasteiger charge is -2.44. The lowest BCUT2D eigenvalue weighted by molar-refractivity contribution is 0.0964. The maximum atomic E-state index is 14.3. The summed E-state index contributed by atoms with van der Waals surface area (Å²) in [5, 5.41) is 14.2. The number of pyridine rings is 1. The molecule has 166 valence electrons. The number of nitrogens with zero attached hydrogens (tertiary/aromatic N) is 4. The highest BCUT2D eigenvalue weighted by Crippen LogP contribution is 2.45. The quantitative estimate of drug-likeness (QED) is 0.609. The molecule has 9 heteroatoms. The predicted molar refractivity (Wildman–Crippen MR) is 119 cm³/mol. The van der Waals surface area contributed by atoms with E-state index in [2.05, 4.69) is 25.8 Å². The van der Waals surface area contributed by atoms with Crippen LogP contribution < -0.4 is 15.5 Å². The summed E-state index contributed by atoms with van der Waals surface area (Å²) < 4.78 is 28.0. The molecule has 32 heavy (non-hydrogen) atoms. The van der Waals surface area contributed by atoms with Crippen LogP contribution in [0.15, 0.2) is 54.7 Å². The molecule has 0 aliphatic heterocycles. The Morgan fingerprint density at radius 1 is 1.16 bits per heavy atom. The van der Waals surface area contributed by atoms with Crippen molar-refractivity contribution in [3.63, 3.8) is 0 Å². The normalized spacial score (nSPS) is 19.7. The Morgan fingerprint density at radius 2 is 1.91 bits per heavy atom. The molecule has 0 saturated heterocycles. The van der Waals surface area contributed by atoms with E-state index in [0.29, 0.717) is 18.1 Å². The molecule has 4 rings (SSSR count). The molecular formula is C23H24F2N6O. The van der Waals surface area contributed by atoms with Crippen LogP contribution in [0.25, 0.3) is 11.3 Å². The summed E-state index contributed by atoms with van der Waals surface area (Å²) in [4.78, 5) is 17.4. The van der Waals surface area contributed by atoms with Gasteiger partial charge < -0.3 is 10.6 Å². The number of rotatable bonds is 6. The van der Waals surface area contributed by atoms with E-state index >= 15 is 0 Å². The number of alkyl halides is 1. The molecule has 3 aromatic rings. The predicted octanol–water partition coefficient (Wildman–Crippen LogP) is 3.94. The fourth-order valence-electron chi connectivity index (χ4n) is 3.97. The van der Waals surface area contributed by atoms with Gasteiger partial charge >= 0.3 is 6.03 Å². The Morgan fingerprint density at radius 3 is 2.50 bits per heavy atom. The van der Waals surface area contributed by atoms with Crippen molar-refractivity contribution in [3.8, 4) is 11.3 Å². The first-order valence-electron chi connectivity index (χ1n) is 10.3. The molecule has 7 nitrogen and oxygen atoms in total. The third-order valence-electron chi connectivity index (χ3n) is 5.83. The second-order valence-corrected chi connectivity index (χ2v) is 7.94. The van der Waals surface area contributed by atoms with Crippen molar-refractivity contribution in [1.29, 1.82) is 0 Å². The first-order valence-corrected chi connectivity index (χ1v) is 10.3. The van der Waals surface area contributed by atoms with E-state index in [1.165, 1.54) is 23.2 Å². The van der Waals surface area contributed by atoms with E-state index in [-0.39, 0.29) is 24.6 Å². The van der Waals surface area contributed by atoms with Gasteiger partial charge in [0.15, 0.2) is 0 Å². The summed E-state index contributed by atoms with van der Waals surface area (Å²) in [6, 6.07) is 13.6. The average Bonchev–Trinajstić information content (AvgIpc) is 2.81. The van der Waals surface area contributed by atoms with Crippen molar-refractivity contribution in [3.05, 3.63) is 66.2 Å². The van der Waals surface area contributed by atoms with Gasteiger partial charge in [-0.3, -0.25) is 9.88 Å². The summed E-state index contributed by atoms with van der Waals surface area (Å²) in [6.45, 7) is 0.315. The number of urea groups is 1. The molecular weight excluding hydrogens is 414 g/mol. The lowest BCUT2D eigenvalue weighted by Crippen LogP contribution is -2.49. The Bertz CT molecular complexity index is 1080. The minimum Gasteiger partial charge on any atom is -0.368 e. The smallest absolute Gasteiger partial charge is 0.321 e. The topological polar surface area (TPSA) is 83.0 Å². The van der Waals surface area contributed by atoms with Crippen molar-refractivity contribution < 1.29 is 13.6 Å². The highest BCUT2D eigenvalue weighted by molar-refractivity contribution is 5.91. The summed E-state index contributed by atoms with van der Waals surface area (Å²) >= 11 is 0. The summed E-state index contributed by atoms with van der Waals surface area (Å²) in [5.74, 6) is 0.0934. The van der Waals surface area contributed by atoms with Crippen LogP contribution in [0.5, 0.6) is 0 Å². The van der Waals surface area contributed by atoms with Crippen molar-refractivity contribution in [2.75, 3.05) is 30.9 Å². The fraction of sp³-hybridized carbons (Fsp3) is 0.304. The van der Waals surface area contributed by atoms with E-state index in [9.17, 15) is 13.6 Å². The molecule has 0 unspecified atom stereocenters. The number of nitrogens with one attached hydrogen (secondary N) is 2. The molecule has 1 fully saturated rings. The molecule has 1 aliphatic rings. The van der Waals surface area contributed by atoms with Crippen LogP contribution >= 0.6 is 0 Å². The maximum absolute atomic E-state index is 14.3. The largest absolute Gasteiger partial charge is 0.368 e. The minimum atomic E-state index is -0.961. The van der Waals surface area contributed by atoms with E-state index < -0.39 is 17.4 Å². The molecule has 2 amide bonds. The van der Waals surface area contributed by atoms with E-state index in [1.54, 1.807) is 20.2 Å². The zero-order valence-corrected chi connectivity index (χ0v) is 17.8. The Hall–Kier alpha value is -3.62. The molecule has 0 atom stereocenters. The van der Waals surface area contributed by atoms with Crippen molar-refractivity contribution in [1.82, 2.24) is 20.5 Å². The van der Waals surface area contributed by atoms with Crippen molar-refractivity contribution in [2.45, 2.75) is 24.4 Å². The van der Waals surface area contributed by atoms with Crippen molar-refractivity contribution >= 4 is 17.5 Å². The number of carbonyl (C=O) groups is 1. The van der Waals surface area contributed by atoms with Crippen LogP contribution in [-0.4, -0.2) is 48.0 Å². The van der Waals surface area contributed by atoms with Gasteiger partial charge in [-0.1, -0.05) is 12.1 Å². The van der Waals surface area contributed by atoms with Gasteiger partial charge in [-0.15, -0.1) is 10.2 Å². The monoisotopic (exact) mass is 438 g/mol. The molecule has 2 heterocycles. The van der Waals surface area contributed by atoms with Gasteiger partial charge in [0.2, 0.25) is 0 Å². The molecule has 2 N–H and O–H groups in total. The molecule has 2 aromatic heterocycles. The molecule has 0 spiro atoms. The maximum Gasteiger partial charge on any atom is 0.321 e. The summed E-state index contributed by atoms with van der Waals surface area (Å²) in [6.07, 6.45) is 1.00. The number of halogens is 2. The van der Waals surface area contributed by atoms with Gasteiger partial charge in [-0.25, -0.2) is 13.6 Å². The standard InChI is InChI=1S/C23H24F2N6O/c1-26-22(32)31(2)17-7-5-15(6-8-17)19-9-10-20(30-29-19)28-14-23(12-16(24)13-23)21-18(25)4-3-11-27-21/h3-11,16H,12-14H2,1-2H3,(H,26,32)(H,28,30). The third-order valence-corrected chi connectivity index (χ3v) is 5.83. The van der Waals surface area contributed by atoms with Crippen LogP contribution in [0.2, 0.25) is 0 Å². The number of carbonyl (C=O) groups excluding carboxylic acids is 1. The SMILES string of the molecule is CNC(=O)N(C)c1ccc(-c2ccc(NCC3(c4ncccc4F)CC(F)C3)nn2)cc1. The van der Waals surface area contributed by atoms with Crippen LogP contribution in [0.3, 0.4) is 0 Å². The van der Waals surface area contributed by atoms with Crippen LogP contribution in [0.4, 0.5) is 25.1 Å². The zero-order valence-electron chi connectivity index (χ0n) is 17.8. The van der Waals surface area contributed by atoms with Gasteiger partial charge in [0.05, 0.1) is 11.4 Å². The third kappa shape index (κ3) is 4.23. The molecule has 1 aliphatic carbocycles. The van der Waals surface area contributed by atoms with Crippen molar-refractivity contribution in [2.24, 2.45) is 0 Å². The van der Waals surface area contributed by atoms with E-state index in [1.807, 2.05) is 30.3 Å². The van der Waals surface area contributed by atoms with E-state index in [0.717, 1.165) is 11.3 Å². The second-order valence-electron chi connectivity index (χ2n) is 7.94. The fourth-order valence-corrected chi connectivity index (χ4v) is 3.97. The minimum absolute atomic E-state index is 0.207. The van der Waals surface area contributed by atoms with Gasteiger partial charge in [-0.2, -0.15) is 0 Å². The number of anilines is 2. The highest BCUT2D eigenvalue weighted by atomic mass is 19.1.